The fourth-order valence-corrected chi connectivity index (χ4v) is 8.77. The van der Waals surface area contributed by atoms with Crippen LogP contribution in [-0.4, -0.2) is 4.57 Å². The first-order chi connectivity index (χ1) is 23.3. The van der Waals surface area contributed by atoms with E-state index in [2.05, 4.69) is 180 Å². The van der Waals surface area contributed by atoms with Crippen molar-refractivity contribution >= 4 is 38.9 Å². The molecule has 7 aromatic carbocycles. The Morgan fingerprint density at radius 2 is 0.936 bits per heavy atom. The molecule has 0 radical (unpaired) electrons. The molecule has 0 atom stereocenters. The average Bonchev–Trinajstić information content (AvgIpc) is 3.73. The van der Waals surface area contributed by atoms with Crippen molar-refractivity contribution in [3.8, 4) is 22.3 Å². The molecule has 0 aliphatic heterocycles. The third-order valence-electron chi connectivity index (χ3n) is 10.6. The molecule has 1 spiro atoms. The maximum absolute atomic E-state index is 2.47. The SMILES string of the molecule is CCn1c2ccccc2c2cc(N(c3ccccc3)c3ccc4c(c3)C3(c5ccccc5-c5ccccc53)c3ccccc3-4)ccc21. The zero-order valence-electron chi connectivity index (χ0n) is 26.2. The summed E-state index contributed by atoms with van der Waals surface area (Å²) >= 11 is 0. The van der Waals surface area contributed by atoms with E-state index in [0.29, 0.717) is 0 Å². The highest BCUT2D eigenvalue weighted by Crippen LogP contribution is 2.63. The van der Waals surface area contributed by atoms with E-state index < -0.39 is 0 Å². The molecular formula is C45H32N2. The standard InChI is InChI=1S/C45H32N2/c1-2-46-43-23-13-9-19-37(43)38-28-31(25-27-44(38)46)47(30-14-4-3-5-15-30)32-24-26-36-35-18-8-12-22-41(35)45(42(36)29-32)39-20-10-6-16-33(39)34-17-7-11-21-40(34)45/h3-29H,2H2,1H3. The van der Waals surface area contributed by atoms with Gasteiger partial charge in [0.05, 0.1) is 5.41 Å². The molecule has 10 rings (SSSR count). The number of aromatic nitrogens is 1. The van der Waals surface area contributed by atoms with Gasteiger partial charge in [-0.25, -0.2) is 0 Å². The lowest BCUT2D eigenvalue weighted by molar-refractivity contribution is 0.793. The van der Waals surface area contributed by atoms with E-state index in [9.17, 15) is 0 Å². The minimum Gasteiger partial charge on any atom is -0.341 e. The van der Waals surface area contributed by atoms with Gasteiger partial charge in [0.2, 0.25) is 0 Å². The Balaban J connectivity index is 1.26. The van der Waals surface area contributed by atoms with E-state index >= 15 is 0 Å². The van der Waals surface area contributed by atoms with Crippen molar-refractivity contribution in [1.29, 1.82) is 0 Å². The van der Waals surface area contributed by atoms with Crippen LogP contribution in [0, 0.1) is 0 Å². The van der Waals surface area contributed by atoms with Gasteiger partial charge in [0.1, 0.15) is 0 Å². The van der Waals surface area contributed by atoms with E-state index in [1.54, 1.807) is 0 Å². The number of fused-ring (bicyclic) bond motifs is 13. The van der Waals surface area contributed by atoms with Crippen molar-refractivity contribution in [2.24, 2.45) is 0 Å². The maximum atomic E-state index is 2.47. The van der Waals surface area contributed by atoms with Crippen molar-refractivity contribution in [1.82, 2.24) is 4.57 Å². The number of hydrogen-bond acceptors (Lipinski definition) is 1. The molecule has 1 aromatic heterocycles. The molecule has 2 heteroatoms. The summed E-state index contributed by atoms with van der Waals surface area (Å²) in [5, 5.41) is 2.58. The lowest BCUT2D eigenvalue weighted by Crippen LogP contribution is -2.26. The Hall–Kier alpha value is -5.86. The van der Waals surface area contributed by atoms with E-state index in [1.807, 2.05) is 0 Å². The van der Waals surface area contributed by atoms with Crippen LogP contribution in [0.4, 0.5) is 17.1 Å². The molecule has 0 saturated heterocycles. The van der Waals surface area contributed by atoms with Crippen LogP contribution in [0.1, 0.15) is 29.2 Å². The summed E-state index contributed by atoms with van der Waals surface area (Å²) in [6.45, 7) is 3.16. The highest BCUT2D eigenvalue weighted by molar-refractivity contribution is 6.09. The molecule has 8 aromatic rings. The van der Waals surface area contributed by atoms with Gasteiger partial charge in [-0.2, -0.15) is 0 Å². The van der Waals surface area contributed by atoms with Crippen LogP contribution in [0.3, 0.4) is 0 Å². The molecule has 47 heavy (non-hydrogen) atoms. The maximum Gasteiger partial charge on any atom is 0.0726 e. The molecule has 0 amide bonds. The Labute approximate surface area is 274 Å². The monoisotopic (exact) mass is 600 g/mol. The number of benzene rings is 7. The summed E-state index contributed by atoms with van der Waals surface area (Å²) in [5.41, 5.74) is 16.4. The lowest BCUT2D eigenvalue weighted by Gasteiger charge is -2.32. The highest BCUT2D eigenvalue weighted by Gasteiger charge is 2.51. The lowest BCUT2D eigenvalue weighted by atomic mass is 9.70. The zero-order valence-corrected chi connectivity index (χ0v) is 26.2. The van der Waals surface area contributed by atoms with E-state index in [0.717, 1.165) is 23.6 Å². The van der Waals surface area contributed by atoms with Crippen LogP contribution < -0.4 is 4.90 Å². The van der Waals surface area contributed by atoms with Gasteiger partial charge in [-0.05, 0) is 100.0 Å². The van der Waals surface area contributed by atoms with Crippen LogP contribution in [0.5, 0.6) is 0 Å². The van der Waals surface area contributed by atoms with Gasteiger partial charge in [0.25, 0.3) is 0 Å². The highest BCUT2D eigenvalue weighted by atomic mass is 15.1. The molecule has 2 aliphatic rings. The summed E-state index contributed by atoms with van der Waals surface area (Å²) in [4.78, 5) is 2.43. The first-order valence-corrected chi connectivity index (χ1v) is 16.6. The van der Waals surface area contributed by atoms with Crippen molar-refractivity contribution in [2.75, 3.05) is 4.90 Å². The van der Waals surface area contributed by atoms with Crippen molar-refractivity contribution in [3.63, 3.8) is 0 Å². The van der Waals surface area contributed by atoms with E-state index in [1.165, 1.54) is 66.3 Å². The molecule has 0 unspecified atom stereocenters. The number of anilines is 3. The normalized spacial score (nSPS) is 13.5. The minimum atomic E-state index is -0.379. The molecular weight excluding hydrogens is 569 g/mol. The number of rotatable bonds is 4. The summed E-state index contributed by atoms with van der Waals surface area (Å²) < 4.78 is 2.42. The van der Waals surface area contributed by atoms with Gasteiger partial charge in [-0.1, -0.05) is 115 Å². The fourth-order valence-electron chi connectivity index (χ4n) is 8.77. The first-order valence-electron chi connectivity index (χ1n) is 16.6. The topological polar surface area (TPSA) is 8.17 Å². The number of hydrogen-bond donors (Lipinski definition) is 0. The van der Waals surface area contributed by atoms with Gasteiger partial charge >= 0.3 is 0 Å². The van der Waals surface area contributed by atoms with E-state index in [-0.39, 0.29) is 5.41 Å². The smallest absolute Gasteiger partial charge is 0.0726 e. The minimum absolute atomic E-state index is 0.379. The fraction of sp³-hybridized carbons (Fsp3) is 0.0667. The quantitative estimate of drug-likeness (QED) is 0.195. The van der Waals surface area contributed by atoms with Gasteiger partial charge in [0.15, 0.2) is 0 Å². The molecule has 2 aliphatic carbocycles. The average molecular weight is 601 g/mol. The summed E-state index contributed by atoms with van der Waals surface area (Å²) in [6, 6.07) is 60.8. The largest absolute Gasteiger partial charge is 0.341 e. The second kappa shape index (κ2) is 9.82. The van der Waals surface area contributed by atoms with Gasteiger partial charge < -0.3 is 9.47 Å². The predicted octanol–water partition coefficient (Wildman–Crippen LogP) is 11.6. The Morgan fingerprint density at radius 3 is 1.60 bits per heavy atom. The molecule has 1 heterocycles. The van der Waals surface area contributed by atoms with E-state index in [4.69, 9.17) is 0 Å². The molecule has 0 N–H and O–H groups in total. The van der Waals surface area contributed by atoms with Crippen LogP contribution in [0.25, 0.3) is 44.1 Å². The Bertz CT molecular complexity index is 2460. The summed E-state index contributed by atoms with van der Waals surface area (Å²) in [6.07, 6.45) is 0. The molecule has 0 fully saturated rings. The predicted molar refractivity (Wildman–Crippen MR) is 196 cm³/mol. The Morgan fingerprint density at radius 1 is 0.426 bits per heavy atom. The third-order valence-corrected chi connectivity index (χ3v) is 10.6. The van der Waals surface area contributed by atoms with Crippen LogP contribution in [0.15, 0.2) is 164 Å². The van der Waals surface area contributed by atoms with Crippen molar-refractivity contribution < 1.29 is 0 Å². The van der Waals surface area contributed by atoms with Crippen molar-refractivity contribution in [3.05, 3.63) is 186 Å². The molecule has 2 nitrogen and oxygen atoms in total. The van der Waals surface area contributed by atoms with Crippen LogP contribution in [0.2, 0.25) is 0 Å². The zero-order chi connectivity index (χ0) is 31.1. The summed E-state index contributed by atoms with van der Waals surface area (Å²) in [5.74, 6) is 0. The van der Waals surface area contributed by atoms with Crippen LogP contribution in [-0.2, 0) is 12.0 Å². The first kappa shape index (κ1) is 26.4. The van der Waals surface area contributed by atoms with Crippen LogP contribution >= 0.6 is 0 Å². The molecule has 0 bridgehead atoms. The second-order valence-electron chi connectivity index (χ2n) is 12.8. The number of nitrogens with zero attached hydrogens (tertiary/aromatic N) is 2. The summed E-state index contributed by atoms with van der Waals surface area (Å²) in [7, 11) is 0. The van der Waals surface area contributed by atoms with Gasteiger partial charge in [-0.15, -0.1) is 0 Å². The molecule has 222 valence electrons. The second-order valence-corrected chi connectivity index (χ2v) is 12.8. The number of aryl methyl sites for hydroxylation is 1. The van der Waals surface area contributed by atoms with Gasteiger partial charge in [-0.3, -0.25) is 0 Å². The number of para-hydroxylation sites is 2. The Kier molecular flexibility index (Phi) is 5.51. The van der Waals surface area contributed by atoms with Gasteiger partial charge in [0, 0.05) is 45.4 Å². The van der Waals surface area contributed by atoms with Crippen molar-refractivity contribution in [2.45, 2.75) is 18.9 Å². The molecule has 0 saturated carbocycles. The third kappa shape index (κ3) is 3.45.